The molecule has 2 fully saturated rings. The fraction of sp³-hybridized carbons (Fsp3) is 0.433. The monoisotopic (exact) mass is 573 g/mol. The van der Waals surface area contributed by atoms with Gasteiger partial charge in [0.15, 0.2) is 17.4 Å². The summed E-state index contributed by atoms with van der Waals surface area (Å²) in [5, 5.41) is 8.27. The standard InChI is InChI=1S/C30H35N7O3S/c1-3-20(2)26(38)7-8-27(39)36-11-9-35(10-12-36)19-21-17-25-28(41-21)30(37-13-15-40-16-14-37)33-29(32-25)22-5-4-6-24-23(22)18-31-34-24/h3-6,17-18H,7-16,19H2,1-2H3,(H,31,34)/b20-3+. The van der Waals surface area contributed by atoms with Gasteiger partial charge in [0.1, 0.15) is 0 Å². The van der Waals surface area contributed by atoms with Crippen LogP contribution in [0.1, 0.15) is 31.6 Å². The van der Waals surface area contributed by atoms with Crippen molar-refractivity contribution in [3.63, 3.8) is 0 Å². The van der Waals surface area contributed by atoms with E-state index in [1.54, 1.807) is 24.3 Å². The summed E-state index contributed by atoms with van der Waals surface area (Å²) in [5.41, 5.74) is 3.59. The number of Topliss-reactive ketones (excluding diaryl/α,β-unsaturated/α-hetero) is 1. The number of amides is 1. The number of fused-ring (bicyclic) bond motifs is 2. The average molecular weight is 574 g/mol. The van der Waals surface area contributed by atoms with Gasteiger partial charge in [0.2, 0.25) is 5.91 Å². The van der Waals surface area contributed by atoms with Crippen LogP contribution in [-0.4, -0.2) is 94.1 Å². The minimum atomic E-state index is 0.0494. The normalized spacial score (nSPS) is 17.1. The Hall–Kier alpha value is -3.67. The van der Waals surface area contributed by atoms with Gasteiger partial charge in [-0.25, -0.2) is 9.97 Å². The fourth-order valence-electron chi connectivity index (χ4n) is 5.43. The van der Waals surface area contributed by atoms with E-state index in [1.165, 1.54) is 4.88 Å². The van der Waals surface area contributed by atoms with E-state index in [-0.39, 0.29) is 24.5 Å². The summed E-state index contributed by atoms with van der Waals surface area (Å²) in [4.78, 5) is 42.7. The number of H-pyrrole nitrogens is 1. The minimum Gasteiger partial charge on any atom is -0.378 e. The Labute approximate surface area is 243 Å². The number of carbonyl (C=O) groups excluding carboxylic acids is 2. The van der Waals surface area contributed by atoms with Crippen molar-refractivity contribution in [3.05, 3.63) is 47.0 Å². The highest BCUT2D eigenvalue weighted by molar-refractivity contribution is 7.19. The Kier molecular flexibility index (Phi) is 8.09. The first kappa shape index (κ1) is 27.5. The van der Waals surface area contributed by atoms with E-state index in [0.29, 0.717) is 32.1 Å². The number of nitrogens with one attached hydrogen (secondary N) is 1. The van der Waals surface area contributed by atoms with Crippen LogP contribution in [0.4, 0.5) is 5.82 Å². The van der Waals surface area contributed by atoms with Gasteiger partial charge in [-0.2, -0.15) is 5.10 Å². The average Bonchev–Trinajstić information content (AvgIpc) is 3.66. The lowest BCUT2D eigenvalue weighted by Crippen LogP contribution is -2.48. The van der Waals surface area contributed by atoms with Gasteiger partial charge < -0.3 is 14.5 Å². The van der Waals surface area contributed by atoms with Gasteiger partial charge in [-0.05, 0) is 31.6 Å². The second-order valence-electron chi connectivity index (χ2n) is 10.6. The maximum Gasteiger partial charge on any atom is 0.223 e. The Morgan fingerprint density at radius 3 is 2.66 bits per heavy atom. The van der Waals surface area contributed by atoms with Crippen LogP contribution in [0.25, 0.3) is 32.5 Å². The smallest absolute Gasteiger partial charge is 0.223 e. The number of ketones is 1. The molecule has 1 amide bonds. The van der Waals surface area contributed by atoms with Crippen molar-refractivity contribution >= 4 is 50.0 Å². The zero-order valence-electron chi connectivity index (χ0n) is 23.6. The molecule has 2 aliphatic heterocycles. The summed E-state index contributed by atoms with van der Waals surface area (Å²) < 4.78 is 6.72. The molecule has 0 saturated carbocycles. The molecule has 1 aromatic carbocycles. The highest BCUT2D eigenvalue weighted by atomic mass is 32.1. The SMILES string of the molecule is C/C=C(\C)C(=O)CCC(=O)N1CCN(Cc2cc3nc(-c4cccc5[nH]ncc45)nc(N4CCOCC4)c3s2)CC1. The molecule has 0 radical (unpaired) electrons. The number of hydrogen-bond acceptors (Lipinski definition) is 9. The number of benzene rings is 1. The van der Waals surface area contributed by atoms with Crippen LogP contribution >= 0.6 is 11.3 Å². The molecule has 0 unspecified atom stereocenters. The molecule has 5 heterocycles. The molecular formula is C30H35N7O3S. The van der Waals surface area contributed by atoms with E-state index in [0.717, 1.165) is 70.8 Å². The van der Waals surface area contributed by atoms with Crippen molar-refractivity contribution in [2.75, 3.05) is 57.4 Å². The zero-order valence-corrected chi connectivity index (χ0v) is 24.4. The van der Waals surface area contributed by atoms with Gasteiger partial charge in [0, 0.05) is 74.5 Å². The lowest BCUT2D eigenvalue weighted by atomic mass is 10.1. The highest BCUT2D eigenvalue weighted by Gasteiger charge is 2.24. The van der Waals surface area contributed by atoms with Crippen molar-refractivity contribution < 1.29 is 14.3 Å². The first-order valence-electron chi connectivity index (χ1n) is 14.2. The number of aromatic amines is 1. The largest absolute Gasteiger partial charge is 0.378 e. The van der Waals surface area contributed by atoms with Crippen LogP contribution in [-0.2, 0) is 20.9 Å². The number of carbonyl (C=O) groups is 2. The summed E-state index contributed by atoms with van der Waals surface area (Å²) in [6, 6.07) is 8.25. The Morgan fingerprint density at radius 1 is 1.07 bits per heavy atom. The molecule has 0 bridgehead atoms. The molecule has 0 spiro atoms. The number of piperazine rings is 1. The van der Waals surface area contributed by atoms with Gasteiger partial charge in [0.25, 0.3) is 0 Å². The maximum absolute atomic E-state index is 12.7. The summed E-state index contributed by atoms with van der Waals surface area (Å²) in [6.07, 6.45) is 4.19. The van der Waals surface area contributed by atoms with Gasteiger partial charge in [0.05, 0.1) is 35.1 Å². The Morgan fingerprint density at radius 2 is 1.88 bits per heavy atom. The van der Waals surface area contributed by atoms with Crippen molar-refractivity contribution in [1.82, 2.24) is 30.0 Å². The number of allylic oxidation sites excluding steroid dienone is 2. The molecule has 0 aliphatic carbocycles. The number of ether oxygens (including phenoxy) is 1. The van der Waals surface area contributed by atoms with Gasteiger partial charge >= 0.3 is 0 Å². The van der Waals surface area contributed by atoms with E-state index < -0.39 is 0 Å². The van der Waals surface area contributed by atoms with Crippen molar-refractivity contribution in [2.45, 2.75) is 33.2 Å². The first-order chi connectivity index (χ1) is 20.0. The van der Waals surface area contributed by atoms with Crippen LogP contribution in [0.5, 0.6) is 0 Å². The maximum atomic E-state index is 12.7. The predicted molar refractivity (Wildman–Crippen MR) is 161 cm³/mol. The molecule has 2 aliphatic rings. The Bertz CT molecular complexity index is 1600. The predicted octanol–water partition coefficient (Wildman–Crippen LogP) is 4.03. The van der Waals surface area contributed by atoms with Crippen molar-refractivity contribution in [2.24, 2.45) is 0 Å². The lowest BCUT2D eigenvalue weighted by Gasteiger charge is -2.34. The molecule has 1 N–H and O–H groups in total. The molecule has 11 heteroatoms. The highest BCUT2D eigenvalue weighted by Crippen LogP contribution is 2.36. The van der Waals surface area contributed by atoms with E-state index in [1.807, 2.05) is 36.2 Å². The summed E-state index contributed by atoms with van der Waals surface area (Å²) in [5.74, 6) is 1.77. The van der Waals surface area contributed by atoms with Crippen LogP contribution < -0.4 is 4.90 Å². The first-order valence-corrected chi connectivity index (χ1v) is 15.0. The van der Waals surface area contributed by atoms with E-state index in [9.17, 15) is 9.59 Å². The molecule has 0 atom stereocenters. The summed E-state index contributed by atoms with van der Waals surface area (Å²) >= 11 is 1.75. The van der Waals surface area contributed by atoms with E-state index >= 15 is 0 Å². The zero-order chi connectivity index (χ0) is 28.3. The summed E-state index contributed by atoms with van der Waals surface area (Å²) in [6.45, 7) is 10.4. The molecule has 10 nitrogen and oxygen atoms in total. The molecular weight excluding hydrogens is 538 g/mol. The van der Waals surface area contributed by atoms with E-state index in [4.69, 9.17) is 14.7 Å². The number of thiophene rings is 1. The third-order valence-corrected chi connectivity index (χ3v) is 9.09. The number of nitrogens with zero attached hydrogens (tertiary/aromatic N) is 6. The van der Waals surface area contributed by atoms with Gasteiger partial charge in [-0.1, -0.05) is 18.2 Å². The third kappa shape index (κ3) is 5.88. The number of morpholine rings is 1. The molecule has 41 heavy (non-hydrogen) atoms. The van der Waals surface area contributed by atoms with E-state index in [2.05, 4.69) is 26.1 Å². The number of anilines is 1. The third-order valence-electron chi connectivity index (χ3n) is 7.98. The number of rotatable bonds is 8. The topological polar surface area (TPSA) is 108 Å². The molecule has 4 aromatic rings. The Balaban J connectivity index is 1.19. The van der Waals surface area contributed by atoms with Crippen LogP contribution in [0.15, 0.2) is 42.1 Å². The second kappa shape index (κ2) is 12.1. The van der Waals surface area contributed by atoms with Gasteiger partial charge in [-0.3, -0.25) is 19.6 Å². The minimum absolute atomic E-state index is 0.0494. The molecule has 6 rings (SSSR count). The van der Waals surface area contributed by atoms with Crippen molar-refractivity contribution in [3.8, 4) is 11.4 Å². The van der Waals surface area contributed by atoms with Crippen molar-refractivity contribution in [1.29, 1.82) is 0 Å². The summed E-state index contributed by atoms with van der Waals surface area (Å²) in [7, 11) is 0. The molecule has 3 aromatic heterocycles. The van der Waals surface area contributed by atoms with Crippen LogP contribution in [0.3, 0.4) is 0 Å². The lowest BCUT2D eigenvalue weighted by molar-refractivity contribution is -0.134. The van der Waals surface area contributed by atoms with Crippen LogP contribution in [0.2, 0.25) is 0 Å². The quantitative estimate of drug-likeness (QED) is 0.315. The fourth-order valence-corrected chi connectivity index (χ4v) is 6.58. The molecule has 214 valence electrons. The number of aromatic nitrogens is 4. The number of hydrogen-bond donors (Lipinski definition) is 1. The second-order valence-corrected chi connectivity index (χ2v) is 11.7. The molecule has 2 saturated heterocycles. The van der Waals surface area contributed by atoms with Crippen LogP contribution in [0, 0.1) is 0 Å². The van der Waals surface area contributed by atoms with Gasteiger partial charge in [-0.15, -0.1) is 11.3 Å².